The summed E-state index contributed by atoms with van der Waals surface area (Å²) < 4.78 is 45.6. The summed E-state index contributed by atoms with van der Waals surface area (Å²) in [6.07, 6.45) is 0.0894. The molecule has 1 fully saturated rings. The van der Waals surface area contributed by atoms with Crippen LogP contribution < -0.4 is 10.2 Å². The molecule has 0 radical (unpaired) electrons. The Labute approximate surface area is 168 Å². The third kappa shape index (κ3) is 5.32. The van der Waals surface area contributed by atoms with Gasteiger partial charge in [-0.25, -0.2) is 4.79 Å². The van der Waals surface area contributed by atoms with Gasteiger partial charge < -0.3 is 15.0 Å². The van der Waals surface area contributed by atoms with Crippen LogP contribution in [0.4, 0.5) is 29.3 Å². The minimum Gasteiger partial charge on any atom is -0.443 e. The van der Waals surface area contributed by atoms with Crippen LogP contribution in [0.25, 0.3) is 0 Å². The summed E-state index contributed by atoms with van der Waals surface area (Å²) in [6.45, 7) is 7.03. The fourth-order valence-corrected chi connectivity index (χ4v) is 3.40. The highest BCUT2D eigenvalue weighted by Gasteiger charge is 2.31. The number of anilines is 2. The number of hydrogen-bond acceptors (Lipinski definition) is 4. The number of hydrogen-bond donors (Lipinski definition) is 1. The maximum absolute atomic E-state index is 12.9. The largest absolute Gasteiger partial charge is 0.443 e. The lowest BCUT2D eigenvalue weighted by molar-refractivity contribution is -0.137. The van der Waals surface area contributed by atoms with E-state index in [1.54, 1.807) is 39.2 Å². The molecule has 1 N–H and O–H groups in total. The molecule has 0 aliphatic carbocycles. The smallest absolute Gasteiger partial charge is 0.418 e. The van der Waals surface area contributed by atoms with E-state index in [-0.39, 0.29) is 6.04 Å². The van der Waals surface area contributed by atoms with Crippen LogP contribution in [0, 0.1) is 0 Å². The van der Waals surface area contributed by atoms with Gasteiger partial charge in [0.05, 0.1) is 11.3 Å². The van der Waals surface area contributed by atoms with Crippen molar-refractivity contribution in [2.45, 2.75) is 51.4 Å². The Morgan fingerprint density at radius 1 is 1.07 bits per heavy atom. The van der Waals surface area contributed by atoms with Crippen LogP contribution in [0.3, 0.4) is 0 Å². The predicted molar refractivity (Wildman–Crippen MR) is 106 cm³/mol. The second kappa shape index (κ2) is 8.10. The van der Waals surface area contributed by atoms with Crippen molar-refractivity contribution >= 4 is 17.5 Å². The molecule has 1 aliphatic rings. The summed E-state index contributed by atoms with van der Waals surface area (Å²) in [4.78, 5) is 14.4. The highest BCUT2D eigenvalue weighted by Crippen LogP contribution is 2.35. The van der Waals surface area contributed by atoms with E-state index in [0.717, 1.165) is 43.8 Å². The number of nitrogens with zero attached hydrogens (tertiary/aromatic N) is 2. The monoisotopic (exact) mass is 409 g/mol. The van der Waals surface area contributed by atoms with Crippen LogP contribution in [-0.2, 0) is 10.9 Å². The van der Waals surface area contributed by atoms with Crippen LogP contribution >= 0.6 is 0 Å². The zero-order valence-electron chi connectivity index (χ0n) is 16.8. The topological polar surface area (TPSA) is 46.5 Å². The fraction of sp³-hybridized carbons (Fsp3) is 0.476. The summed E-state index contributed by atoms with van der Waals surface area (Å²) >= 11 is 0. The molecule has 0 bridgehead atoms. The van der Waals surface area contributed by atoms with Crippen LogP contribution in [0.5, 0.6) is 0 Å². The average molecular weight is 409 g/mol. The normalized spacial score (nSPS) is 15.9. The Morgan fingerprint density at radius 2 is 1.69 bits per heavy atom. The van der Waals surface area contributed by atoms with Crippen LogP contribution in [0.1, 0.15) is 39.2 Å². The van der Waals surface area contributed by atoms with E-state index in [4.69, 9.17) is 4.74 Å². The Bertz CT molecular complexity index is 832. The van der Waals surface area contributed by atoms with Gasteiger partial charge in [-0.05, 0) is 77.0 Å². The molecule has 158 valence electrons. The van der Waals surface area contributed by atoms with E-state index in [0.29, 0.717) is 5.69 Å². The van der Waals surface area contributed by atoms with Crippen LogP contribution in [-0.4, -0.2) is 35.4 Å². The third-order valence-electron chi connectivity index (χ3n) is 4.71. The fourth-order valence-electron chi connectivity index (χ4n) is 3.40. The molecule has 0 atom stereocenters. The Morgan fingerprint density at radius 3 is 2.24 bits per heavy atom. The predicted octanol–water partition coefficient (Wildman–Crippen LogP) is 5.18. The zero-order valence-corrected chi connectivity index (χ0v) is 16.8. The summed E-state index contributed by atoms with van der Waals surface area (Å²) in [7, 11) is 0. The molecular formula is C21H26F3N3O2. The lowest BCUT2D eigenvalue weighted by Gasteiger charge is -2.36. The molecule has 2 heterocycles. The summed E-state index contributed by atoms with van der Waals surface area (Å²) in [5.41, 5.74) is 0.0936. The number of carbonyl (C=O) groups excluding carboxylic acids is 1. The number of carbonyl (C=O) groups is 1. The molecule has 1 aromatic carbocycles. The molecule has 1 saturated heterocycles. The number of aromatic nitrogens is 1. The van der Waals surface area contributed by atoms with Gasteiger partial charge >= 0.3 is 12.3 Å². The highest BCUT2D eigenvalue weighted by molar-refractivity contribution is 5.74. The van der Waals surface area contributed by atoms with Gasteiger partial charge in [-0.3, -0.25) is 4.57 Å². The lowest BCUT2D eigenvalue weighted by atomic mass is 10.0. The van der Waals surface area contributed by atoms with Crippen molar-refractivity contribution in [3.05, 3.63) is 48.3 Å². The van der Waals surface area contributed by atoms with Crippen LogP contribution in [0.2, 0.25) is 0 Å². The molecule has 3 rings (SSSR count). The summed E-state index contributed by atoms with van der Waals surface area (Å²) in [5, 5.41) is 3.30. The van der Waals surface area contributed by atoms with Crippen molar-refractivity contribution in [3.63, 3.8) is 0 Å². The van der Waals surface area contributed by atoms with Gasteiger partial charge in [0, 0.05) is 24.1 Å². The molecule has 1 aromatic heterocycles. The van der Waals surface area contributed by atoms with Gasteiger partial charge in [-0.2, -0.15) is 13.2 Å². The number of rotatable bonds is 3. The Hall–Kier alpha value is -2.48. The van der Waals surface area contributed by atoms with E-state index in [2.05, 4.69) is 5.32 Å². The quantitative estimate of drug-likeness (QED) is 0.759. The number of alkyl halides is 3. The summed E-state index contributed by atoms with van der Waals surface area (Å²) in [6, 6.07) is 7.04. The maximum atomic E-state index is 12.9. The lowest BCUT2D eigenvalue weighted by Crippen LogP contribution is -2.40. The number of nitrogens with one attached hydrogen (secondary N) is 1. The molecule has 8 heteroatoms. The van der Waals surface area contributed by atoms with E-state index in [1.165, 1.54) is 16.7 Å². The Kier molecular flexibility index (Phi) is 5.93. The SMILES string of the molecule is CC(C)(C)OC(=O)n1ccc(N(c2ccc(C(F)(F)F)cc2)C2CCNCC2)c1. The third-order valence-corrected chi connectivity index (χ3v) is 4.71. The summed E-state index contributed by atoms with van der Waals surface area (Å²) in [5.74, 6) is 0. The van der Waals surface area contributed by atoms with Gasteiger partial charge in [0.25, 0.3) is 0 Å². The first kappa shape index (κ1) is 21.2. The van der Waals surface area contributed by atoms with Crippen molar-refractivity contribution < 1.29 is 22.7 Å². The van der Waals surface area contributed by atoms with Crippen LogP contribution in [0.15, 0.2) is 42.7 Å². The van der Waals surface area contributed by atoms with Crippen molar-refractivity contribution in [2.24, 2.45) is 0 Å². The van der Waals surface area contributed by atoms with Gasteiger partial charge in [-0.15, -0.1) is 0 Å². The maximum Gasteiger partial charge on any atom is 0.418 e. The molecule has 0 saturated carbocycles. The van der Waals surface area contributed by atoms with Crippen molar-refractivity contribution in [2.75, 3.05) is 18.0 Å². The van der Waals surface area contributed by atoms with Gasteiger partial charge in [0.15, 0.2) is 0 Å². The van der Waals surface area contributed by atoms with E-state index in [9.17, 15) is 18.0 Å². The number of piperidine rings is 1. The van der Waals surface area contributed by atoms with E-state index >= 15 is 0 Å². The molecule has 1 aliphatic heterocycles. The Balaban J connectivity index is 1.91. The van der Waals surface area contributed by atoms with Gasteiger partial charge in [-0.1, -0.05) is 0 Å². The zero-order chi connectivity index (χ0) is 21.2. The second-order valence-electron chi connectivity index (χ2n) is 8.15. The minimum absolute atomic E-state index is 0.113. The molecule has 29 heavy (non-hydrogen) atoms. The average Bonchev–Trinajstić information content (AvgIpc) is 3.11. The second-order valence-corrected chi connectivity index (χ2v) is 8.15. The van der Waals surface area contributed by atoms with Crippen molar-refractivity contribution in [3.8, 4) is 0 Å². The number of halogens is 3. The number of benzene rings is 1. The van der Waals surface area contributed by atoms with E-state index in [1.807, 2.05) is 4.90 Å². The molecular weight excluding hydrogens is 383 g/mol. The molecule has 0 amide bonds. The molecule has 0 unspecified atom stereocenters. The van der Waals surface area contributed by atoms with E-state index < -0.39 is 23.4 Å². The highest BCUT2D eigenvalue weighted by atomic mass is 19.4. The molecule has 5 nitrogen and oxygen atoms in total. The van der Waals surface area contributed by atoms with Gasteiger partial charge in [0.2, 0.25) is 0 Å². The number of ether oxygens (including phenoxy) is 1. The standard InChI is InChI=1S/C21H26F3N3O2/c1-20(2,3)29-19(28)26-13-10-18(14-26)27(17-8-11-25-12-9-17)16-6-4-15(5-7-16)21(22,23)24/h4-7,10,13-14,17,25H,8-9,11-12H2,1-3H3. The van der Waals surface area contributed by atoms with Crippen molar-refractivity contribution in [1.29, 1.82) is 0 Å². The van der Waals surface area contributed by atoms with Crippen molar-refractivity contribution in [1.82, 2.24) is 9.88 Å². The molecule has 0 spiro atoms. The minimum atomic E-state index is -4.38. The first-order chi connectivity index (χ1) is 13.5. The molecule has 2 aromatic rings. The first-order valence-electron chi connectivity index (χ1n) is 9.63. The van der Waals surface area contributed by atoms with Gasteiger partial charge in [0.1, 0.15) is 5.60 Å². The first-order valence-corrected chi connectivity index (χ1v) is 9.63.